The lowest BCUT2D eigenvalue weighted by atomic mass is 10.0. The summed E-state index contributed by atoms with van der Waals surface area (Å²) in [5, 5.41) is 7.25. The van der Waals surface area contributed by atoms with Gasteiger partial charge in [-0.25, -0.2) is 0 Å². The van der Waals surface area contributed by atoms with Crippen LogP contribution in [-0.2, 0) is 0 Å². The predicted octanol–water partition coefficient (Wildman–Crippen LogP) is 3.71. The third kappa shape index (κ3) is 8.10. The van der Waals surface area contributed by atoms with Gasteiger partial charge in [-0.2, -0.15) is 0 Å². The summed E-state index contributed by atoms with van der Waals surface area (Å²) < 4.78 is 0. The first-order chi connectivity index (χ1) is 8.68. The molecule has 0 radical (unpaired) electrons. The van der Waals surface area contributed by atoms with Crippen molar-refractivity contribution in [1.29, 1.82) is 0 Å². The lowest BCUT2D eigenvalue weighted by molar-refractivity contribution is 0.431. The van der Waals surface area contributed by atoms with Gasteiger partial charge < -0.3 is 10.6 Å². The number of hydrogen-bond acceptors (Lipinski definition) is 2. The molecule has 0 amide bonds. The van der Waals surface area contributed by atoms with Crippen LogP contribution in [0.4, 0.5) is 0 Å². The summed E-state index contributed by atoms with van der Waals surface area (Å²) in [6, 6.07) is 1.45. The van der Waals surface area contributed by atoms with Crippen LogP contribution in [0.5, 0.6) is 0 Å². The Hall–Kier alpha value is -0.0800. The minimum atomic E-state index is 0.677. The molecule has 1 fully saturated rings. The van der Waals surface area contributed by atoms with Crippen LogP contribution >= 0.6 is 0 Å². The highest BCUT2D eigenvalue weighted by Crippen LogP contribution is 2.11. The molecule has 0 spiro atoms. The molecule has 2 unspecified atom stereocenters. The monoisotopic (exact) mass is 254 g/mol. The van der Waals surface area contributed by atoms with Crippen molar-refractivity contribution in [1.82, 2.24) is 10.6 Å². The summed E-state index contributed by atoms with van der Waals surface area (Å²) in [6.07, 6.45) is 11.0. The van der Waals surface area contributed by atoms with E-state index in [2.05, 4.69) is 31.4 Å². The molecule has 2 atom stereocenters. The van der Waals surface area contributed by atoms with Crippen LogP contribution in [0.25, 0.3) is 0 Å². The van der Waals surface area contributed by atoms with E-state index in [1.807, 2.05) is 0 Å². The van der Waals surface area contributed by atoms with Crippen LogP contribution in [0.3, 0.4) is 0 Å². The summed E-state index contributed by atoms with van der Waals surface area (Å²) in [6.45, 7) is 9.40. The molecule has 0 aliphatic carbocycles. The Kier molecular flexibility index (Phi) is 8.70. The van der Waals surface area contributed by atoms with Crippen molar-refractivity contribution >= 4 is 0 Å². The molecule has 2 nitrogen and oxygen atoms in total. The first kappa shape index (κ1) is 16.0. The molecular weight excluding hydrogens is 220 g/mol. The van der Waals surface area contributed by atoms with Gasteiger partial charge in [-0.1, -0.05) is 39.5 Å². The minimum Gasteiger partial charge on any atom is -0.314 e. The molecule has 0 saturated carbocycles. The normalized spacial score (nSPS) is 21.7. The third-order valence-corrected chi connectivity index (χ3v) is 4.00. The van der Waals surface area contributed by atoms with Crippen molar-refractivity contribution in [3.8, 4) is 0 Å². The molecule has 0 aromatic carbocycles. The van der Waals surface area contributed by atoms with E-state index in [0.717, 1.165) is 12.0 Å². The molecule has 1 aliphatic rings. The second-order valence-electron chi connectivity index (χ2n) is 6.48. The van der Waals surface area contributed by atoms with E-state index in [0.29, 0.717) is 6.04 Å². The van der Waals surface area contributed by atoms with Gasteiger partial charge in [0, 0.05) is 12.1 Å². The summed E-state index contributed by atoms with van der Waals surface area (Å²) >= 11 is 0. The number of nitrogens with one attached hydrogen (secondary N) is 2. The quantitative estimate of drug-likeness (QED) is 0.581. The van der Waals surface area contributed by atoms with Crippen LogP contribution in [0.2, 0.25) is 0 Å². The summed E-state index contributed by atoms with van der Waals surface area (Å²) in [7, 11) is 0. The van der Waals surface area contributed by atoms with Gasteiger partial charge in [-0.3, -0.25) is 0 Å². The fraction of sp³-hybridized carbons (Fsp3) is 1.00. The Morgan fingerprint density at radius 1 is 1.11 bits per heavy atom. The second kappa shape index (κ2) is 9.80. The topological polar surface area (TPSA) is 24.1 Å². The zero-order chi connectivity index (χ0) is 13.2. The maximum absolute atomic E-state index is 3.67. The van der Waals surface area contributed by atoms with Gasteiger partial charge >= 0.3 is 0 Å². The Balaban J connectivity index is 1.84. The molecule has 0 aromatic heterocycles. The average molecular weight is 254 g/mol. The van der Waals surface area contributed by atoms with Gasteiger partial charge in [0.2, 0.25) is 0 Å². The van der Waals surface area contributed by atoms with Crippen molar-refractivity contribution in [2.45, 2.75) is 84.2 Å². The Morgan fingerprint density at radius 3 is 2.56 bits per heavy atom. The molecule has 2 N–H and O–H groups in total. The number of hydrogen-bond donors (Lipinski definition) is 2. The molecule has 1 aliphatic heterocycles. The Bertz CT molecular complexity index is 186. The fourth-order valence-corrected chi connectivity index (χ4v) is 2.85. The van der Waals surface area contributed by atoms with Gasteiger partial charge in [0.05, 0.1) is 0 Å². The third-order valence-electron chi connectivity index (χ3n) is 4.00. The average Bonchev–Trinajstić information content (AvgIpc) is 2.80. The molecule has 1 heterocycles. The molecule has 1 saturated heterocycles. The predicted molar refractivity (Wildman–Crippen MR) is 81.0 cm³/mol. The van der Waals surface area contributed by atoms with Gasteiger partial charge in [0.15, 0.2) is 0 Å². The molecule has 2 heteroatoms. The van der Waals surface area contributed by atoms with Crippen LogP contribution < -0.4 is 10.6 Å². The van der Waals surface area contributed by atoms with E-state index in [4.69, 9.17) is 0 Å². The summed E-state index contributed by atoms with van der Waals surface area (Å²) in [5.41, 5.74) is 0. The first-order valence-corrected chi connectivity index (χ1v) is 8.15. The highest BCUT2D eigenvalue weighted by molar-refractivity contribution is 4.78. The molecule has 0 aromatic rings. The number of rotatable bonds is 10. The van der Waals surface area contributed by atoms with Crippen molar-refractivity contribution < 1.29 is 0 Å². The van der Waals surface area contributed by atoms with Gasteiger partial charge in [0.25, 0.3) is 0 Å². The Labute approximate surface area is 114 Å². The van der Waals surface area contributed by atoms with Gasteiger partial charge in [-0.15, -0.1) is 0 Å². The zero-order valence-corrected chi connectivity index (χ0v) is 12.8. The van der Waals surface area contributed by atoms with Crippen LogP contribution in [0, 0.1) is 5.92 Å². The van der Waals surface area contributed by atoms with Crippen molar-refractivity contribution in [2.24, 2.45) is 5.92 Å². The summed E-state index contributed by atoms with van der Waals surface area (Å²) in [5.74, 6) is 0.877. The van der Waals surface area contributed by atoms with Crippen molar-refractivity contribution in [3.63, 3.8) is 0 Å². The zero-order valence-electron chi connectivity index (χ0n) is 12.8. The maximum atomic E-state index is 3.67. The molecule has 18 heavy (non-hydrogen) atoms. The fourth-order valence-electron chi connectivity index (χ4n) is 2.85. The minimum absolute atomic E-state index is 0.677. The smallest absolute Gasteiger partial charge is 0.00822 e. The van der Waals surface area contributed by atoms with E-state index in [9.17, 15) is 0 Å². The number of unbranched alkanes of at least 4 members (excludes halogenated alkanes) is 3. The van der Waals surface area contributed by atoms with E-state index >= 15 is 0 Å². The van der Waals surface area contributed by atoms with Crippen LogP contribution in [-0.4, -0.2) is 25.2 Å². The lowest BCUT2D eigenvalue weighted by Gasteiger charge is -2.18. The highest BCUT2D eigenvalue weighted by Gasteiger charge is 2.16. The molecule has 108 valence electrons. The van der Waals surface area contributed by atoms with Crippen LogP contribution in [0.15, 0.2) is 0 Å². The molecule has 1 rings (SSSR count). The van der Waals surface area contributed by atoms with E-state index in [1.165, 1.54) is 64.5 Å². The standard InChI is InChI=1S/C16H34N2/c1-14(2)9-6-4-5-7-11-17-15(3)13-16-10-8-12-18-16/h14-18H,4-13H2,1-3H3. The van der Waals surface area contributed by atoms with Crippen molar-refractivity contribution in [2.75, 3.05) is 13.1 Å². The van der Waals surface area contributed by atoms with Gasteiger partial charge in [-0.05, 0) is 51.6 Å². The SMILES string of the molecule is CC(C)CCCCCCNC(C)CC1CCCN1. The summed E-state index contributed by atoms with van der Waals surface area (Å²) in [4.78, 5) is 0. The van der Waals surface area contributed by atoms with E-state index < -0.39 is 0 Å². The highest BCUT2D eigenvalue weighted by atomic mass is 15.0. The Morgan fingerprint density at radius 2 is 1.89 bits per heavy atom. The molecule has 0 bridgehead atoms. The molecular formula is C16H34N2. The second-order valence-corrected chi connectivity index (χ2v) is 6.48. The first-order valence-electron chi connectivity index (χ1n) is 8.15. The van der Waals surface area contributed by atoms with E-state index in [-0.39, 0.29) is 0 Å². The maximum Gasteiger partial charge on any atom is 0.00822 e. The van der Waals surface area contributed by atoms with Crippen molar-refractivity contribution in [3.05, 3.63) is 0 Å². The van der Waals surface area contributed by atoms with Gasteiger partial charge in [0.1, 0.15) is 0 Å². The van der Waals surface area contributed by atoms with Crippen LogP contribution in [0.1, 0.15) is 72.1 Å². The largest absolute Gasteiger partial charge is 0.314 e. The lowest BCUT2D eigenvalue weighted by Crippen LogP contribution is -2.34. The van der Waals surface area contributed by atoms with E-state index in [1.54, 1.807) is 0 Å².